The molecule has 1 saturated heterocycles. The van der Waals surface area contributed by atoms with Crippen molar-refractivity contribution in [3.8, 4) is 0 Å². The Kier molecular flexibility index (Phi) is 6.02. The van der Waals surface area contributed by atoms with Gasteiger partial charge < -0.3 is 4.74 Å². The maximum atomic E-state index is 5.15. The molecule has 2 rings (SSSR count). The molecule has 15 heavy (non-hydrogen) atoms. The predicted octanol–water partition coefficient (Wildman–Crippen LogP) is 3.08. The highest BCUT2D eigenvalue weighted by molar-refractivity contribution is 5.08. The van der Waals surface area contributed by atoms with Gasteiger partial charge in [0.25, 0.3) is 0 Å². The Morgan fingerprint density at radius 2 is 2.07 bits per heavy atom. The van der Waals surface area contributed by atoms with Crippen molar-refractivity contribution in [1.82, 2.24) is 4.98 Å². The van der Waals surface area contributed by atoms with Crippen LogP contribution < -0.4 is 0 Å². The molecule has 0 amide bonds. The van der Waals surface area contributed by atoms with E-state index in [1.165, 1.54) is 18.4 Å². The molecule has 0 aromatic carbocycles. The molecule has 0 aliphatic carbocycles. The fourth-order valence-corrected chi connectivity index (χ4v) is 1.52. The second-order valence-electron chi connectivity index (χ2n) is 3.85. The maximum absolute atomic E-state index is 5.15. The molecule has 2 nitrogen and oxygen atoms in total. The number of hydrogen-bond acceptors (Lipinski definition) is 2. The molecular weight excluding hydrogens is 186 g/mol. The highest BCUT2D eigenvalue weighted by Crippen LogP contribution is 2.14. The van der Waals surface area contributed by atoms with Crippen LogP contribution in [0.15, 0.2) is 24.5 Å². The summed E-state index contributed by atoms with van der Waals surface area (Å²) in [6, 6.07) is 4.06. The average molecular weight is 207 g/mol. The molecule has 1 fully saturated rings. The van der Waals surface area contributed by atoms with Gasteiger partial charge in [-0.05, 0) is 36.5 Å². The second-order valence-corrected chi connectivity index (χ2v) is 3.85. The highest BCUT2D eigenvalue weighted by Gasteiger charge is 2.11. The molecular formula is C13H21NO. The van der Waals surface area contributed by atoms with Gasteiger partial charge in [0.15, 0.2) is 0 Å². The van der Waals surface area contributed by atoms with Gasteiger partial charge in [0, 0.05) is 25.6 Å². The molecule has 2 heteroatoms. The molecule has 0 saturated carbocycles. The van der Waals surface area contributed by atoms with Gasteiger partial charge in [-0.3, -0.25) is 4.98 Å². The van der Waals surface area contributed by atoms with Crippen LogP contribution in [-0.2, 0) is 11.2 Å². The summed E-state index contributed by atoms with van der Waals surface area (Å²) in [4.78, 5) is 3.89. The molecule has 1 atom stereocenters. The van der Waals surface area contributed by atoms with Crippen LogP contribution in [0, 0.1) is 5.92 Å². The second kappa shape index (κ2) is 7.41. The summed E-state index contributed by atoms with van der Waals surface area (Å²) in [7, 11) is 0. The van der Waals surface area contributed by atoms with E-state index in [1.807, 2.05) is 24.5 Å². The van der Waals surface area contributed by atoms with E-state index >= 15 is 0 Å². The van der Waals surface area contributed by atoms with Crippen LogP contribution in [0.25, 0.3) is 0 Å². The van der Waals surface area contributed by atoms with Gasteiger partial charge in [-0.2, -0.15) is 0 Å². The van der Waals surface area contributed by atoms with Crippen molar-refractivity contribution in [3.05, 3.63) is 30.1 Å². The van der Waals surface area contributed by atoms with Crippen LogP contribution in [0.2, 0.25) is 0 Å². The fourth-order valence-electron chi connectivity index (χ4n) is 1.52. The molecule has 1 aliphatic heterocycles. The summed E-state index contributed by atoms with van der Waals surface area (Å²) in [6.45, 7) is 6.36. The Balaban J connectivity index is 0.000000151. The normalized spacial score (nSPS) is 19.5. The third-order valence-corrected chi connectivity index (χ3v) is 2.76. The van der Waals surface area contributed by atoms with E-state index in [0.29, 0.717) is 0 Å². The van der Waals surface area contributed by atoms with Gasteiger partial charge in [-0.15, -0.1) is 0 Å². The van der Waals surface area contributed by atoms with E-state index in [2.05, 4.69) is 18.8 Å². The van der Waals surface area contributed by atoms with Crippen molar-refractivity contribution in [2.75, 3.05) is 13.2 Å². The molecule has 2 heterocycles. The zero-order valence-corrected chi connectivity index (χ0v) is 9.78. The molecule has 0 spiro atoms. The van der Waals surface area contributed by atoms with Crippen molar-refractivity contribution in [1.29, 1.82) is 0 Å². The smallest absolute Gasteiger partial charge is 0.0495 e. The Morgan fingerprint density at radius 3 is 2.40 bits per heavy atom. The number of hydrogen-bond donors (Lipinski definition) is 0. The van der Waals surface area contributed by atoms with E-state index in [9.17, 15) is 0 Å². The summed E-state index contributed by atoms with van der Waals surface area (Å²) in [5, 5.41) is 0. The summed E-state index contributed by atoms with van der Waals surface area (Å²) in [6.07, 6.45) is 7.32. The molecule has 1 aliphatic rings. The van der Waals surface area contributed by atoms with Crippen LogP contribution in [0.3, 0.4) is 0 Å². The zero-order valence-electron chi connectivity index (χ0n) is 9.78. The summed E-state index contributed by atoms with van der Waals surface area (Å²) >= 11 is 0. The van der Waals surface area contributed by atoms with Gasteiger partial charge in [0.05, 0.1) is 0 Å². The monoisotopic (exact) mass is 207 g/mol. The summed E-state index contributed by atoms with van der Waals surface area (Å²) in [5.74, 6) is 0.875. The lowest BCUT2D eigenvalue weighted by molar-refractivity contribution is 0.185. The Labute approximate surface area is 92.7 Å². The first-order valence-electron chi connectivity index (χ1n) is 5.83. The topological polar surface area (TPSA) is 22.1 Å². The first kappa shape index (κ1) is 12.2. The number of ether oxygens (including phenoxy) is 1. The van der Waals surface area contributed by atoms with Crippen LogP contribution >= 0.6 is 0 Å². The Bertz CT molecular complexity index is 242. The van der Waals surface area contributed by atoms with Crippen LogP contribution in [0.5, 0.6) is 0 Å². The lowest BCUT2D eigenvalue weighted by atomic mass is 10.1. The minimum atomic E-state index is 0.875. The van der Waals surface area contributed by atoms with Crippen molar-refractivity contribution in [3.63, 3.8) is 0 Å². The molecule has 0 N–H and O–H groups in total. The van der Waals surface area contributed by atoms with Gasteiger partial charge in [0.2, 0.25) is 0 Å². The molecule has 0 radical (unpaired) electrons. The Morgan fingerprint density at radius 1 is 1.33 bits per heavy atom. The first-order valence-corrected chi connectivity index (χ1v) is 5.83. The summed E-state index contributed by atoms with van der Waals surface area (Å²) in [5.41, 5.74) is 1.35. The van der Waals surface area contributed by atoms with Crippen molar-refractivity contribution in [2.24, 2.45) is 5.92 Å². The van der Waals surface area contributed by atoms with Crippen LogP contribution in [-0.4, -0.2) is 18.2 Å². The minimum Gasteiger partial charge on any atom is -0.381 e. The zero-order chi connectivity index (χ0) is 10.9. The van der Waals surface area contributed by atoms with E-state index in [1.54, 1.807) is 0 Å². The molecule has 1 unspecified atom stereocenters. The van der Waals surface area contributed by atoms with Crippen molar-refractivity contribution in [2.45, 2.75) is 33.1 Å². The predicted molar refractivity (Wildman–Crippen MR) is 62.8 cm³/mol. The highest BCUT2D eigenvalue weighted by atomic mass is 16.5. The van der Waals surface area contributed by atoms with Crippen molar-refractivity contribution >= 4 is 0 Å². The minimum absolute atomic E-state index is 0.875. The lowest BCUT2D eigenvalue weighted by Crippen LogP contribution is -1.94. The third kappa shape index (κ3) is 4.93. The molecule has 0 bridgehead atoms. The lowest BCUT2D eigenvalue weighted by Gasteiger charge is -1.97. The number of rotatable bonds is 2. The third-order valence-electron chi connectivity index (χ3n) is 2.76. The largest absolute Gasteiger partial charge is 0.381 e. The Hall–Kier alpha value is -0.890. The van der Waals surface area contributed by atoms with Gasteiger partial charge >= 0.3 is 0 Å². The molecule has 1 aromatic heterocycles. The van der Waals surface area contributed by atoms with Crippen molar-refractivity contribution < 1.29 is 4.74 Å². The standard InChI is InChI=1S/C7H9N.C6H12O/c1-2-7-3-5-8-6-4-7;1-2-6-3-4-7-5-6/h3-6H,2H2,1H3;6H,2-5H2,1H3. The number of nitrogens with zero attached hydrogens (tertiary/aromatic N) is 1. The molecule has 84 valence electrons. The first-order chi connectivity index (χ1) is 7.36. The fraction of sp³-hybridized carbons (Fsp3) is 0.615. The molecule has 1 aromatic rings. The van der Waals surface area contributed by atoms with Gasteiger partial charge in [0.1, 0.15) is 0 Å². The van der Waals surface area contributed by atoms with E-state index in [4.69, 9.17) is 4.74 Å². The van der Waals surface area contributed by atoms with Crippen LogP contribution in [0.4, 0.5) is 0 Å². The van der Waals surface area contributed by atoms with Crippen LogP contribution in [0.1, 0.15) is 32.3 Å². The maximum Gasteiger partial charge on any atom is 0.0495 e. The SMILES string of the molecule is CCC1CCOC1.CCc1ccncc1. The number of aromatic nitrogens is 1. The van der Waals surface area contributed by atoms with E-state index in [0.717, 1.165) is 25.6 Å². The van der Waals surface area contributed by atoms with Gasteiger partial charge in [-0.1, -0.05) is 20.3 Å². The van der Waals surface area contributed by atoms with Gasteiger partial charge in [-0.25, -0.2) is 0 Å². The quantitative estimate of drug-likeness (QED) is 0.743. The number of pyridine rings is 1. The average Bonchev–Trinajstić information content (AvgIpc) is 2.84. The van der Waals surface area contributed by atoms with E-state index in [-0.39, 0.29) is 0 Å². The number of aryl methyl sites for hydroxylation is 1. The summed E-state index contributed by atoms with van der Waals surface area (Å²) < 4.78 is 5.15. The van der Waals surface area contributed by atoms with E-state index < -0.39 is 0 Å².